The van der Waals surface area contributed by atoms with Crippen molar-refractivity contribution in [1.82, 2.24) is 14.5 Å². The van der Waals surface area contributed by atoms with Gasteiger partial charge in [-0.2, -0.15) is 0 Å². The SMILES string of the molecule is O=c1c2ccc(Br)cc2nc2n1CCN(Cc1ccccc1)C2. The Morgan fingerprint density at radius 2 is 1.91 bits per heavy atom. The lowest BCUT2D eigenvalue weighted by Gasteiger charge is -2.29. The molecule has 0 amide bonds. The number of hydrogen-bond acceptors (Lipinski definition) is 3. The molecule has 0 unspecified atom stereocenters. The summed E-state index contributed by atoms with van der Waals surface area (Å²) in [6, 6.07) is 16.1. The van der Waals surface area contributed by atoms with E-state index in [1.807, 2.05) is 28.8 Å². The van der Waals surface area contributed by atoms with Gasteiger partial charge in [-0.3, -0.25) is 14.3 Å². The van der Waals surface area contributed by atoms with E-state index in [0.29, 0.717) is 18.5 Å². The fourth-order valence-electron chi connectivity index (χ4n) is 3.09. The van der Waals surface area contributed by atoms with Crippen LogP contribution in [0.2, 0.25) is 0 Å². The Labute approximate surface area is 142 Å². The third kappa shape index (κ3) is 2.82. The van der Waals surface area contributed by atoms with Gasteiger partial charge in [0.1, 0.15) is 5.82 Å². The molecule has 1 aliphatic heterocycles. The van der Waals surface area contributed by atoms with Crippen molar-refractivity contribution in [3.63, 3.8) is 0 Å². The van der Waals surface area contributed by atoms with E-state index in [1.165, 1.54) is 5.56 Å². The summed E-state index contributed by atoms with van der Waals surface area (Å²) in [4.78, 5) is 19.7. The maximum absolute atomic E-state index is 12.6. The second-order valence-electron chi connectivity index (χ2n) is 5.84. The molecule has 2 aromatic carbocycles. The van der Waals surface area contributed by atoms with Crippen LogP contribution in [-0.2, 0) is 19.6 Å². The van der Waals surface area contributed by atoms with Gasteiger partial charge in [0.05, 0.1) is 17.4 Å². The number of hydrogen-bond donors (Lipinski definition) is 0. The van der Waals surface area contributed by atoms with Crippen LogP contribution in [0.1, 0.15) is 11.4 Å². The molecule has 116 valence electrons. The largest absolute Gasteiger partial charge is 0.294 e. The molecule has 1 aliphatic rings. The van der Waals surface area contributed by atoms with E-state index in [9.17, 15) is 4.79 Å². The number of halogens is 1. The normalized spacial score (nSPS) is 14.8. The molecule has 4 rings (SSSR count). The molecule has 0 radical (unpaired) electrons. The van der Waals surface area contributed by atoms with Gasteiger partial charge in [0, 0.05) is 24.1 Å². The lowest BCUT2D eigenvalue weighted by Crippen LogP contribution is -2.39. The zero-order valence-corrected chi connectivity index (χ0v) is 14.2. The van der Waals surface area contributed by atoms with Crippen molar-refractivity contribution in [1.29, 1.82) is 0 Å². The molecule has 0 spiro atoms. The minimum Gasteiger partial charge on any atom is -0.294 e. The molecule has 0 atom stereocenters. The van der Waals surface area contributed by atoms with Crippen molar-refractivity contribution in [2.24, 2.45) is 0 Å². The van der Waals surface area contributed by atoms with Gasteiger partial charge < -0.3 is 0 Å². The summed E-state index contributed by atoms with van der Waals surface area (Å²) < 4.78 is 2.76. The number of aromatic nitrogens is 2. The van der Waals surface area contributed by atoms with Crippen LogP contribution in [0.25, 0.3) is 10.9 Å². The number of fused-ring (bicyclic) bond motifs is 2. The van der Waals surface area contributed by atoms with Gasteiger partial charge in [0.2, 0.25) is 0 Å². The van der Waals surface area contributed by atoms with E-state index in [0.717, 1.165) is 28.9 Å². The Balaban J connectivity index is 1.69. The molecule has 0 saturated heterocycles. The molecule has 2 heterocycles. The van der Waals surface area contributed by atoms with E-state index >= 15 is 0 Å². The van der Waals surface area contributed by atoms with Crippen LogP contribution in [0.3, 0.4) is 0 Å². The highest BCUT2D eigenvalue weighted by atomic mass is 79.9. The van der Waals surface area contributed by atoms with Gasteiger partial charge in [-0.15, -0.1) is 0 Å². The molecule has 0 bridgehead atoms. The first-order valence-electron chi connectivity index (χ1n) is 7.66. The lowest BCUT2D eigenvalue weighted by atomic mass is 10.2. The molecule has 1 aromatic heterocycles. The van der Waals surface area contributed by atoms with Gasteiger partial charge in [-0.05, 0) is 23.8 Å². The molecule has 0 fully saturated rings. The number of benzene rings is 2. The zero-order valence-electron chi connectivity index (χ0n) is 12.6. The summed E-state index contributed by atoms with van der Waals surface area (Å²) in [6.07, 6.45) is 0. The van der Waals surface area contributed by atoms with Crippen molar-refractivity contribution >= 4 is 26.8 Å². The van der Waals surface area contributed by atoms with Crippen LogP contribution < -0.4 is 5.56 Å². The van der Waals surface area contributed by atoms with E-state index in [4.69, 9.17) is 4.98 Å². The summed E-state index contributed by atoms with van der Waals surface area (Å²) in [7, 11) is 0. The van der Waals surface area contributed by atoms with Crippen LogP contribution in [0, 0.1) is 0 Å². The van der Waals surface area contributed by atoms with Gasteiger partial charge in [-0.25, -0.2) is 4.98 Å². The molecule has 3 aromatic rings. The maximum Gasteiger partial charge on any atom is 0.261 e. The highest BCUT2D eigenvalue weighted by Gasteiger charge is 2.20. The summed E-state index contributed by atoms with van der Waals surface area (Å²) >= 11 is 3.45. The van der Waals surface area contributed by atoms with Gasteiger partial charge in [0.15, 0.2) is 0 Å². The monoisotopic (exact) mass is 369 g/mol. The maximum atomic E-state index is 12.6. The highest BCUT2D eigenvalue weighted by Crippen LogP contribution is 2.19. The van der Waals surface area contributed by atoms with Crippen molar-refractivity contribution in [2.45, 2.75) is 19.6 Å². The summed E-state index contributed by atoms with van der Waals surface area (Å²) in [5, 5.41) is 0.688. The Kier molecular flexibility index (Phi) is 3.75. The van der Waals surface area contributed by atoms with E-state index in [2.05, 4.69) is 45.1 Å². The fraction of sp³-hybridized carbons (Fsp3) is 0.222. The molecule has 0 aliphatic carbocycles. The van der Waals surface area contributed by atoms with Crippen molar-refractivity contribution in [3.8, 4) is 0 Å². The highest BCUT2D eigenvalue weighted by molar-refractivity contribution is 9.10. The first-order valence-corrected chi connectivity index (χ1v) is 8.45. The third-order valence-corrected chi connectivity index (χ3v) is 4.74. The molecule has 4 nitrogen and oxygen atoms in total. The minimum absolute atomic E-state index is 0.0665. The average Bonchev–Trinajstić information content (AvgIpc) is 2.55. The summed E-state index contributed by atoms with van der Waals surface area (Å²) in [5.41, 5.74) is 2.11. The molecule has 23 heavy (non-hydrogen) atoms. The number of nitrogens with zero attached hydrogens (tertiary/aromatic N) is 3. The van der Waals surface area contributed by atoms with Gasteiger partial charge in [0.25, 0.3) is 5.56 Å². The van der Waals surface area contributed by atoms with E-state index < -0.39 is 0 Å². The van der Waals surface area contributed by atoms with Gasteiger partial charge >= 0.3 is 0 Å². The second-order valence-corrected chi connectivity index (χ2v) is 6.76. The third-order valence-electron chi connectivity index (χ3n) is 4.25. The van der Waals surface area contributed by atoms with Crippen molar-refractivity contribution in [2.75, 3.05) is 6.54 Å². The fourth-order valence-corrected chi connectivity index (χ4v) is 3.44. The molecule has 5 heteroatoms. The van der Waals surface area contributed by atoms with E-state index in [-0.39, 0.29) is 5.56 Å². The quantitative estimate of drug-likeness (QED) is 0.696. The van der Waals surface area contributed by atoms with E-state index in [1.54, 1.807) is 0 Å². The average molecular weight is 370 g/mol. The van der Waals surface area contributed by atoms with Crippen LogP contribution in [0.15, 0.2) is 57.8 Å². The van der Waals surface area contributed by atoms with Crippen LogP contribution >= 0.6 is 15.9 Å². The second kappa shape index (κ2) is 5.91. The topological polar surface area (TPSA) is 38.1 Å². The van der Waals surface area contributed by atoms with Crippen molar-refractivity contribution < 1.29 is 0 Å². The predicted octanol–water partition coefficient (Wildman–Crippen LogP) is 3.17. The Morgan fingerprint density at radius 1 is 1.09 bits per heavy atom. The minimum atomic E-state index is 0.0665. The molecule has 0 saturated carbocycles. The molecule has 0 N–H and O–H groups in total. The molecular formula is C18H16BrN3O. The standard InChI is InChI=1S/C18H16BrN3O/c19-14-6-7-15-16(10-14)20-17-12-21(8-9-22(17)18(15)23)11-13-4-2-1-3-5-13/h1-7,10H,8-9,11-12H2. The molecular weight excluding hydrogens is 354 g/mol. The van der Waals surface area contributed by atoms with Crippen LogP contribution in [0.5, 0.6) is 0 Å². The summed E-state index contributed by atoms with van der Waals surface area (Å²) in [6.45, 7) is 3.14. The van der Waals surface area contributed by atoms with Crippen LogP contribution in [0.4, 0.5) is 0 Å². The van der Waals surface area contributed by atoms with Crippen LogP contribution in [-0.4, -0.2) is 21.0 Å². The Bertz CT molecular complexity index is 921. The van der Waals surface area contributed by atoms with Crippen molar-refractivity contribution in [3.05, 3.63) is 74.7 Å². The smallest absolute Gasteiger partial charge is 0.261 e. The first kappa shape index (κ1) is 14.6. The zero-order chi connectivity index (χ0) is 15.8. The lowest BCUT2D eigenvalue weighted by molar-refractivity contribution is 0.204. The number of rotatable bonds is 2. The Hall–Kier alpha value is -1.98. The van der Waals surface area contributed by atoms with Gasteiger partial charge in [-0.1, -0.05) is 46.3 Å². The first-order chi connectivity index (χ1) is 11.2. The Morgan fingerprint density at radius 3 is 2.74 bits per heavy atom. The predicted molar refractivity (Wildman–Crippen MR) is 94.3 cm³/mol. The summed E-state index contributed by atoms with van der Waals surface area (Å²) in [5.74, 6) is 0.850.